The summed E-state index contributed by atoms with van der Waals surface area (Å²) in [5.74, 6) is 1.08. The van der Waals surface area contributed by atoms with E-state index in [2.05, 4.69) is 10.4 Å². The third kappa shape index (κ3) is 3.30. The highest BCUT2D eigenvalue weighted by molar-refractivity contribution is 6.07. The van der Waals surface area contributed by atoms with Crippen LogP contribution >= 0.6 is 0 Å². The first-order valence-electron chi connectivity index (χ1n) is 10.1. The van der Waals surface area contributed by atoms with Crippen molar-refractivity contribution in [3.8, 4) is 11.5 Å². The molecular weight excluding hydrogens is 396 g/mol. The maximum Gasteiger partial charge on any atom is 0.291 e. The minimum atomic E-state index is -0.296. The van der Waals surface area contributed by atoms with Gasteiger partial charge < -0.3 is 19.4 Å². The summed E-state index contributed by atoms with van der Waals surface area (Å²) in [6, 6.07) is 13.1. The van der Waals surface area contributed by atoms with E-state index in [1.165, 1.54) is 4.68 Å². The fourth-order valence-corrected chi connectivity index (χ4v) is 4.06. The molecule has 158 valence electrons. The molecule has 0 saturated carbocycles. The number of carbonyl (C=O) groups excluding carboxylic acids is 1. The molecule has 1 atom stereocenters. The number of hydrogen-bond acceptors (Lipinski definition) is 5. The second kappa shape index (κ2) is 7.46. The van der Waals surface area contributed by atoms with Gasteiger partial charge >= 0.3 is 0 Å². The van der Waals surface area contributed by atoms with Gasteiger partial charge in [-0.3, -0.25) is 9.59 Å². The highest BCUT2D eigenvalue weighted by atomic mass is 16.6. The summed E-state index contributed by atoms with van der Waals surface area (Å²) in [5, 5.41) is 8.92. The molecule has 1 aliphatic rings. The van der Waals surface area contributed by atoms with Crippen LogP contribution in [0.2, 0.25) is 0 Å². The van der Waals surface area contributed by atoms with Crippen LogP contribution in [-0.2, 0) is 18.4 Å². The van der Waals surface area contributed by atoms with E-state index in [0.717, 1.165) is 21.9 Å². The SMILES string of the molecule is C[C@@H](NC(=O)Cn1ncc2c3ccccc3n(C)c2c1=O)c1ccc2c(c1)OCCO2. The maximum absolute atomic E-state index is 13.0. The van der Waals surface area contributed by atoms with Gasteiger partial charge in [-0.2, -0.15) is 5.10 Å². The minimum absolute atomic E-state index is 0.162. The zero-order chi connectivity index (χ0) is 21.5. The molecular formula is C23H22N4O4. The lowest BCUT2D eigenvalue weighted by molar-refractivity contribution is -0.122. The number of fused-ring (bicyclic) bond motifs is 4. The Kier molecular flexibility index (Phi) is 4.62. The van der Waals surface area contributed by atoms with Gasteiger partial charge in [0.05, 0.1) is 12.2 Å². The molecule has 1 amide bonds. The van der Waals surface area contributed by atoms with E-state index >= 15 is 0 Å². The lowest BCUT2D eigenvalue weighted by Gasteiger charge is -2.21. The van der Waals surface area contributed by atoms with Crippen LogP contribution < -0.4 is 20.3 Å². The molecule has 2 aromatic heterocycles. The predicted molar refractivity (Wildman–Crippen MR) is 116 cm³/mol. The Morgan fingerprint density at radius 3 is 2.74 bits per heavy atom. The smallest absolute Gasteiger partial charge is 0.291 e. The van der Waals surface area contributed by atoms with E-state index in [1.54, 1.807) is 6.20 Å². The summed E-state index contributed by atoms with van der Waals surface area (Å²) < 4.78 is 14.2. The van der Waals surface area contributed by atoms with Crippen molar-refractivity contribution in [2.24, 2.45) is 7.05 Å². The molecule has 0 unspecified atom stereocenters. The van der Waals surface area contributed by atoms with Crippen LogP contribution in [0, 0.1) is 0 Å². The number of hydrogen-bond donors (Lipinski definition) is 1. The summed E-state index contributed by atoms with van der Waals surface area (Å²) in [7, 11) is 1.85. The van der Waals surface area contributed by atoms with Gasteiger partial charge in [0, 0.05) is 23.3 Å². The number of amides is 1. The third-order valence-electron chi connectivity index (χ3n) is 5.65. The van der Waals surface area contributed by atoms with E-state index in [1.807, 2.05) is 61.0 Å². The Labute approximate surface area is 178 Å². The summed E-state index contributed by atoms with van der Waals surface area (Å²) in [4.78, 5) is 25.7. The predicted octanol–water partition coefficient (Wildman–Crippen LogP) is 2.54. The Morgan fingerprint density at radius 2 is 1.90 bits per heavy atom. The van der Waals surface area contributed by atoms with Gasteiger partial charge in [-0.05, 0) is 30.7 Å². The van der Waals surface area contributed by atoms with Crippen molar-refractivity contribution in [3.63, 3.8) is 0 Å². The molecule has 8 nitrogen and oxygen atoms in total. The second-order valence-corrected chi connectivity index (χ2v) is 7.64. The Balaban J connectivity index is 1.38. The van der Waals surface area contributed by atoms with Gasteiger partial charge in [0.25, 0.3) is 5.56 Å². The van der Waals surface area contributed by atoms with Gasteiger partial charge in [0.1, 0.15) is 25.3 Å². The summed E-state index contributed by atoms with van der Waals surface area (Å²) in [5.41, 5.74) is 2.08. The molecule has 2 aromatic carbocycles. The van der Waals surface area contributed by atoms with Gasteiger partial charge in [-0.1, -0.05) is 24.3 Å². The first-order valence-corrected chi connectivity index (χ1v) is 10.1. The second-order valence-electron chi connectivity index (χ2n) is 7.64. The lowest BCUT2D eigenvalue weighted by Crippen LogP contribution is -2.35. The molecule has 31 heavy (non-hydrogen) atoms. The van der Waals surface area contributed by atoms with Crippen molar-refractivity contribution in [2.45, 2.75) is 19.5 Å². The summed E-state index contributed by atoms with van der Waals surface area (Å²) in [6.07, 6.45) is 1.65. The number of para-hydroxylation sites is 1. The first-order chi connectivity index (χ1) is 15.0. The molecule has 0 aliphatic carbocycles. The molecule has 1 N–H and O–H groups in total. The molecule has 0 fully saturated rings. The number of ether oxygens (including phenoxy) is 2. The Bertz CT molecular complexity index is 1370. The minimum Gasteiger partial charge on any atom is -0.486 e. The number of carbonyl (C=O) groups is 1. The van der Waals surface area contributed by atoms with Crippen LogP contribution in [0.4, 0.5) is 0 Å². The molecule has 8 heteroatoms. The zero-order valence-electron chi connectivity index (χ0n) is 17.3. The summed E-state index contributed by atoms with van der Waals surface area (Å²) >= 11 is 0. The third-order valence-corrected chi connectivity index (χ3v) is 5.65. The van der Waals surface area contributed by atoms with Crippen LogP contribution in [0.25, 0.3) is 21.8 Å². The first kappa shape index (κ1) is 19.2. The van der Waals surface area contributed by atoms with Crippen molar-refractivity contribution in [3.05, 3.63) is 64.6 Å². The molecule has 0 spiro atoms. The highest BCUT2D eigenvalue weighted by Gasteiger charge is 2.18. The maximum atomic E-state index is 13.0. The van der Waals surface area contributed by atoms with Crippen molar-refractivity contribution in [1.82, 2.24) is 19.7 Å². The van der Waals surface area contributed by atoms with Crippen LogP contribution in [0.15, 0.2) is 53.5 Å². The fraction of sp³-hybridized carbons (Fsp3) is 0.261. The van der Waals surface area contributed by atoms with E-state index in [9.17, 15) is 9.59 Å². The van der Waals surface area contributed by atoms with Crippen molar-refractivity contribution in [2.75, 3.05) is 13.2 Å². The number of benzene rings is 2. The van der Waals surface area contributed by atoms with E-state index in [0.29, 0.717) is 30.2 Å². The molecule has 0 radical (unpaired) electrons. The zero-order valence-corrected chi connectivity index (χ0v) is 17.3. The largest absolute Gasteiger partial charge is 0.486 e. The van der Waals surface area contributed by atoms with E-state index in [4.69, 9.17) is 9.47 Å². The van der Waals surface area contributed by atoms with Crippen molar-refractivity contribution < 1.29 is 14.3 Å². The van der Waals surface area contributed by atoms with Gasteiger partial charge in [0.15, 0.2) is 11.5 Å². The number of nitrogens with one attached hydrogen (secondary N) is 1. The molecule has 1 aliphatic heterocycles. The Morgan fingerprint density at radius 1 is 1.13 bits per heavy atom. The van der Waals surface area contributed by atoms with Gasteiger partial charge in [-0.15, -0.1) is 0 Å². The number of nitrogens with zero attached hydrogens (tertiary/aromatic N) is 3. The normalized spacial score (nSPS) is 14.0. The van der Waals surface area contributed by atoms with E-state index in [-0.39, 0.29) is 24.1 Å². The Hall–Kier alpha value is -3.81. The van der Waals surface area contributed by atoms with Gasteiger partial charge in [-0.25, -0.2) is 4.68 Å². The lowest BCUT2D eigenvalue weighted by atomic mass is 10.1. The topological polar surface area (TPSA) is 87.4 Å². The van der Waals surface area contributed by atoms with Gasteiger partial charge in [0.2, 0.25) is 5.91 Å². The number of rotatable bonds is 4. The van der Waals surface area contributed by atoms with Crippen LogP contribution in [-0.4, -0.2) is 33.5 Å². The van der Waals surface area contributed by atoms with Crippen molar-refractivity contribution in [1.29, 1.82) is 0 Å². The highest BCUT2D eigenvalue weighted by Crippen LogP contribution is 2.32. The standard InChI is InChI=1S/C23H22N4O4/c1-14(15-7-8-19-20(11-15)31-10-9-30-19)25-21(28)13-27-23(29)22-17(12-24-27)16-5-3-4-6-18(16)26(22)2/h3-8,11-12,14H,9-10,13H2,1-2H3,(H,25,28)/t14-/m1/s1. The molecule has 5 rings (SSSR count). The molecule has 0 saturated heterocycles. The van der Waals surface area contributed by atoms with Crippen LogP contribution in [0.1, 0.15) is 18.5 Å². The summed E-state index contributed by atoms with van der Waals surface area (Å²) in [6.45, 7) is 2.75. The monoisotopic (exact) mass is 418 g/mol. The van der Waals surface area contributed by atoms with Crippen LogP contribution in [0.3, 0.4) is 0 Å². The van der Waals surface area contributed by atoms with E-state index < -0.39 is 0 Å². The average Bonchev–Trinajstić information content (AvgIpc) is 3.08. The number of aryl methyl sites for hydroxylation is 1. The molecule has 4 aromatic rings. The molecule has 3 heterocycles. The molecule has 0 bridgehead atoms. The number of aromatic nitrogens is 3. The van der Waals surface area contributed by atoms with Crippen LogP contribution in [0.5, 0.6) is 11.5 Å². The quantitative estimate of drug-likeness (QED) is 0.550. The van der Waals surface area contributed by atoms with Crippen molar-refractivity contribution >= 4 is 27.7 Å². The fourth-order valence-electron chi connectivity index (χ4n) is 4.06. The average molecular weight is 418 g/mol.